The summed E-state index contributed by atoms with van der Waals surface area (Å²) in [7, 11) is 0. The summed E-state index contributed by atoms with van der Waals surface area (Å²) in [5.41, 5.74) is -0.869. The number of rotatable bonds is 5. The Bertz CT molecular complexity index is 185. The molecule has 0 unspecified atom stereocenters. The third-order valence-electron chi connectivity index (χ3n) is 2.31. The molecule has 76 valence electrons. The predicted molar refractivity (Wildman–Crippen MR) is 48.1 cm³/mol. The van der Waals surface area contributed by atoms with E-state index < -0.39 is 5.54 Å². The lowest BCUT2D eigenvalue weighted by Crippen LogP contribution is -2.51. The molecular formula is C9H17NO3. The van der Waals surface area contributed by atoms with Gasteiger partial charge in [-0.3, -0.25) is 4.79 Å². The zero-order chi connectivity index (χ0) is 9.90. The maximum atomic E-state index is 11.3. The quantitative estimate of drug-likeness (QED) is 0.551. The molecule has 0 aromatic rings. The molecule has 0 atom stereocenters. The Morgan fingerprint density at radius 3 is 2.38 bits per heavy atom. The van der Waals surface area contributed by atoms with Crippen LogP contribution in [-0.2, 0) is 4.79 Å². The summed E-state index contributed by atoms with van der Waals surface area (Å²) in [5.74, 6) is 0.453. The molecule has 3 N–H and O–H groups in total. The van der Waals surface area contributed by atoms with Gasteiger partial charge in [0.25, 0.3) is 0 Å². The molecule has 1 rings (SSSR count). The molecule has 0 saturated heterocycles. The summed E-state index contributed by atoms with van der Waals surface area (Å²) >= 11 is 0. The van der Waals surface area contributed by atoms with Crippen LogP contribution in [0.5, 0.6) is 0 Å². The van der Waals surface area contributed by atoms with Crippen LogP contribution in [0.2, 0.25) is 0 Å². The van der Waals surface area contributed by atoms with Gasteiger partial charge in [-0.15, -0.1) is 0 Å². The van der Waals surface area contributed by atoms with E-state index in [1.54, 1.807) is 6.92 Å². The summed E-state index contributed by atoms with van der Waals surface area (Å²) in [6.45, 7) is 1.15. The van der Waals surface area contributed by atoms with Crippen LogP contribution in [0.1, 0.15) is 26.2 Å². The second kappa shape index (κ2) is 4.07. The number of aliphatic hydroxyl groups is 2. The zero-order valence-electron chi connectivity index (χ0n) is 7.92. The van der Waals surface area contributed by atoms with Crippen molar-refractivity contribution in [2.75, 3.05) is 13.2 Å². The van der Waals surface area contributed by atoms with E-state index in [1.807, 2.05) is 0 Å². The zero-order valence-corrected chi connectivity index (χ0v) is 7.92. The molecule has 0 aromatic heterocycles. The van der Waals surface area contributed by atoms with Gasteiger partial charge in [0.05, 0.1) is 18.8 Å². The van der Waals surface area contributed by atoms with Crippen molar-refractivity contribution in [2.45, 2.75) is 31.7 Å². The molecule has 4 heteroatoms. The van der Waals surface area contributed by atoms with E-state index in [0.717, 1.165) is 12.8 Å². The van der Waals surface area contributed by atoms with Gasteiger partial charge in [-0.2, -0.15) is 0 Å². The van der Waals surface area contributed by atoms with Crippen molar-refractivity contribution in [3.63, 3.8) is 0 Å². The third-order valence-corrected chi connectivity index (χ3v) is 2.31. The van der Waals surface area contributed by atoms with Crippen LogP contribution in [-0.4, -0.2) is 34.9 Å². The molecule has 1 fully saturated rings. The van der Waals surface area contributed by atoms with Gasteiger partial charge < -0.3 is 15.5 Å². The van der Waals surface area contributed by atoms with Gasteiger partial charge in [-0.1, -0.05) is 0 Å². The number of carbonyl (C=O) groups excluding carboxylic acids is 1. The summed E-state index contributed by atoms with van der Waals surface area (Å²) in [6, 6.07) is 0. The Kier molecular flexibility index (Phi) is 3.27. The first-order valence-corrected chi connectivity index (χ1v) is 4.62. The summed E-state index contributed by atoms with van der Waals surface area (Å²) in [5, 5.41) is 20.4. The van der Waals surface area contributed by atoms with Crippen LogP contribution >= 0.6 is 0 Å². The van der Waals surface area contributed by atoms with Crippen molar-refractivity contribution in [3.05, 3.63) is 0 Å². The SMILES string of the molecule is CC(CO)(CO)NC(=O)CC1CC1. The van der Waals surface area contributed by atoms with E-state index in [9.17, 15) is 4.79 Å². The van der Waals surface area contributed by atoms with E-state index in [-0.39, 0.29) is 19.1 Å². The first-order valence-electron chi connectivity index (χ1n) is 4.62. The molecule has 0 heterocycles. The molecule has 0 spiro atoms. The van der Waals surface area contributed by atoms with Gasteiger partial charge in [-0.05, 0) is 25.7 Å². The molecule has 0 aromatic carbocycles. The number of amides is 1. The Morgan fingerprint density at radius 1 is 1.46 bits per heavy atom. The first-order chi connectivity index (χ1) is 6.09. The average Bonchev–Trinajstić information content (AvgIpc) is 2.88. The highest BCUT2D eigenvalue weighted by molar-refractivity contribution is 5.77. The highest BCUT2D eigenvalue weighted by atomic mass is 16.3. The highest BCUT2D eigenvalue weighted by Gasteiger charge is 2.29. The minimum atomic E-state index is -0.869. The Balaban J connectivity index is 2.31. The smallest absolute Gasteiger partial charge is 0.220 e. The second-order valence-electron chi connectivity index (χ2n) is 4.07. The highest BCUT2D eigenvalue weighted by Crippen LogP contribution is 2.32. The maximum absolute atomic E-state index is 11.3. The first kappa shape index (κ1) is 10.5. The topological polar surface area (TPSA) is 69.6 Å². The molecule has 13 heavy (non-hydrogen) atoms. The average molecular weight is 187 g/mol. The van der Waals surface area contributed by atoms with Crippen LogP contribution in [0.3, 0.4) is 0 Å². The molecule has 1 aliphatic carbocycles. The Morgan fingerprint density at radius 2 is 2.00 bits per heavy atom. The molecule has 0 bridgehead atoms. The minimum absolute atomic E-state index is 0.0758. The van der Waals surface area contributed by atoms with Gasteiger partial charge in [0.2, 0.25) is 5.91 Å². The second-order valence-corrected chi connectivity index (χ2v) is 4.07. The van der Waals surface area contributed by atoms with Crippen molar-refractivity contribution < 1.29 is 15.0 Å². The molecule has 1 amide bonds. The predicted octanol–water partition coefficient (Wildman–Crippen LogP) is -0.354. The van der Waals surface area contributed by atoms with Crippen molar-refractivity contribution >= 4 is 5.91 Å². The van der Waals surface area contributed by atoms with Crippen molar-refractivity contribution in [2.24, 2.45) is 5.92 Å². The fourth-order valence-corrected chi connectivity index (χ4v) is 1.10. The number of aliphatic hydroxyl groups excluding tert-OH is 2. The fourth-order valence-electron chi connectivity index (χ4n) is 1.10. The Hall–Kier alpha value is -0.610. The standard InChI is InChI=1S/C9H17NO3/c1-9(5-11,6-12)10-8(13)4-7-2-3-7/h7,11-12H,2-6H2,1H3,(H,10,13). The summed E-state index contributed by atoms with van der Waals surface area (Å²) in [4.78, 5) is 11.3. The van der Waals surface area contributed by atoms with Crippen molar-refractivity contribution in [3.8, 4) is 0 Å². The summed E-state index contributed by atoms with van der Waals surface area (Å²) in [6.07, 6.45) is 2.78. The molecule has 1 aliphatic rings. The van der Waals surface area contributed by atoms with Gasteiger partial charge in [0.15, 0.2) is 0 Å². The largest absolute Gasteiger partial charge is 0.394 e. The van der Waals surface area contributed by atoms with Crippen LogP contribution in [0.15, 0.2) is 0 Å². The minimum Gasteiger partial charge on any atom is -0.394 e. The number of nitrogens with one attached hydrogen (secondary N) is 1. The molecular weight excluding hydrogens is 170 g/mol. The van der Waals surface area contributed by atoms with Gasteiger partial charge in [0, 0.05) is 6.42 Å². The van der Waals surface area contributed by atoms with Crippen molar-refractivity contribution in [1.29, 1.82) is 0 Å². The number of hydrogen-bond donors (Lipinski definition) is 3. The van der Waals surface area contributed by atoms with Crippen molar-refractivity contribution in [1.82, 2.24) is 5.32 Å². The number of hydrogen-bond acceptors (Lipinski definition) is 3. The normalized spacial score (nSPS) is 17.2. The maximum Gasteiger partial charge on any atom is 0.220 e. The van der Waals surface area contributed by atoms with Gasteiger partial charge in [-0.25, -0.2) is 0 Å². The Labute approximate surface area is 78.0 Å². The van der Waals surface area contributed by atoms with Crippen LogP contribution in [0.25, 0.3) is 0 Å². The van der Waals surface area contributed by atoms with E-state index >= 15 is 0 Å². The number of carbonyl (C=O) groups is 1. The molecule has 0 aliphatic heterocycles. The lowest BCUT2D eigenvalue weighted by Gasteiger charge is -2.26. The monoisotopic (exact) mass is 187 g/mol. The summed E-state index contributed by atoms with van der Waals surface area (Å²) < 4.78 is 0. The van der Waals surface area contributed by atoms with Crippen LogP contribution in [0.4, 0.5) is 0 Å². The van der Waals surface area contributed by atoms with Crippen LogP contribution in [0, 0.1) is 5.92 Å². The lowest BCUT2D eigenvalue weighted by molar-refractivity contribution is -0.124. The van der Waals surface area contributed by atoms with Gasteiger partial charge in [0.1, 0.15) is 0 Å². The van der Waals surface area contributed by atoms with E-state index in [0.29, 0.717) is 12.3 Å². The van der Waals surface area contributed by atoms with E-state index in [2.05, 4.69) is 5.32 Å². The molecule has 4 nitrogen and oxygen atoms in total. The fraction of sp³-hybridized carbons (Fsp3) is 0.889. The lowest BCUT2D eigenvalue weighted by atomic mass is 10.1. The molecule has 1 saturated carbocycles. The third kappa shape index (κ3) is 3.32. The van der Waals surface area contributed by atoms with E-state index in [4.69, 9.17) is 10.2 Å². The van der Waals surface area contributed by atoms with Gasteiger partial charge >= 0.3 is 0 Å². The van der Waals surface area contributed by atoms with Crippen LogP contribution < -0.4 is 5.32 Å². The molecule has 0 radical (unpaired) electrons. The van der Waals surface area contributed by atoms with E-state index in [1.165, 1.54) is 0 Å².